The van der Waals surface area contributed by atoms with Crippen LogP contribution in [0.25, 0.3) is 0 Å². The molecule has 2 aromatic heterocycles. The van der Waals surface area contributed by atoms with Crippen molar-refractivity contribution in [2.45, 2.75) is 35.5 Å². The van der Waals surface area contributed by atoms with Crippen LogP contribution in [0.2, 0.25) is 0 Å². The summed E-state index contributed by atoms with van der Waals surface area (Å²) < 4.78 is 5.20. The number of nitrogens with two attached hydrogens (primary N) is 1. The Morgan fingerprint density at radius 1 is 1.47 bits per heavy atom. The number of nitrogens with zero attached hydrogens (tertiary/aromatic N) is 3. The van der Waals surface area contributed by atoms with Gasteiger partial charge >= 0.3 is 0 Å². The molecule has 90 valence electrons. The minimum atomic E-state index is -0.0257. The van der Waals surface area contributed by atoms with Gasteiger partial charge in [0.25, 0.3) is 0 Å². The Hall–Kier alpha value is -0.980. The normalized spacial score (nSPS) is 12.6. The van der Waals surface area contributed by atoms with E-state index < -0.39 is 0 Å². The standard InChI is InChI=1S/C11H14N4S2/c1-3-10-14-11(17-15-10)16-8-4-5-9(7(2)12)13-6-8/h4-7H,3,12H2,1-2H3. The van der Waals surface area contributed by atoms with Crippen LogP contribution in [-0.4, -0.2) is 14.3 Å². The Morgan fingerprint density at radius 3 is 2.82 bits per heavy atom. The van der Waals surface area contributed by atoms with E-state index in [1.54, 1.807) is 11.8 Å². The average molecular weight is 266 g/mol. The minimum absolute atomic E-state index is 0.0257. The Kier molecular flexibility index (Phi) is 4.09. The smallest absolute Gasteiger partial charge is 0.174 e. The van der Waals surface area contributed by atoms with Gasteiger partial charge in [0, 0.05) is 23.6 Å². The van der Waals surface area contributed by atoms with E-state index in [1.165, 1.54) is 11.5 Å². The van der Waals surface area contributed by atoms with E-state index in [1.807, 2.05) is 25.3 Å². The monoisotopic (exact) mass is 266 g/mol. The summed E-state index contributed by atoms with van der Waals surface area (Å²) in [4.78, 5) is 9.77. The molecule has 17 heavy (non-hydrogen) atoms. The first-order chi connectivity index (χ1) is 8.19. The minimum Gasteiger partial charge on any atom is -0.323 e. The van der Waals surface area contributed by atoms with Gasteiger partial charge in [-0.05, 0) is 30.6 Å². The highest BCUT2D eigenvalue weighted by Gasteiger charge is 2.06. The molecule has 2 aromatic rings. The molecule has 0 aliphatic heterocycles. The van der Waals surface area contributed by atoms with Gasteiger partial charge in [-0.25, -0.2) is 4.98 Å². The maximum absolute atomic E-state index is 5.75. The van der Waals surface area contributed by atoms with Gasteiger partial charge in [0.1, 0.15) is 5.82 Å². The highest BCUT2D eigenvalue weighted by atomic mass is 32.2. The summed E-state index contributed by atoms with van der Waals surface area (Å²) in [6, 6.07) is 3.94. The molecule has 2 N–H and O–H groups in total. The van der Waals surface area contributed by atoms with Crippen LogP contribution in [0.15, 0.2) is 27.6 Å². The molecule has 0 saturated heterocycles. The predicted octanol–water partition coefficient (Wildman–Crippen LogP) is 2.67. The molecule has 0 saturated carbocycles. The largest absolute Gasteiger partial charge is 0.323 e. The van der Waals surface area contributed by atoms with Gasteiger partial charge in [0.15, 0.2) is 4.34 Å². The quantitative estimate of drug-likeness (QED) is 0.921. The number of rotatable bonds is 4. The highest BCUT2D eigenvalue weighted by molar-refractivity contribution is 8.01. The second-order valence-corrected chi connectivity index (χ2v) is 5.71. The fourth-order valence-corrected chi connectivity index (χ4v) is 2.89. The summed E-state index contributed by atoms with van der Waals surface area (Å²) in [5.74, 6) is 0.901. The zero-order chi connectivity index (χ0) is 12.3. The van der Waals surface area contributed by atoms with Gasteiger partial charge in [-0.15, -0.1) is 0 Å². The lowest BCUT2D eigenvalue weighted by Gasteiger charge is -2.04. The molecule has 2 rings (SSSR count). The van der Waals surface area contributed by atoms with Gasteiger partial charge in [0.2, 0.25) is 0 Å². The fourth-order valence-electron chi connectivity index (χ4n) is 1.25. The third kappa shape index (κ3) is 3.24. The summed E-state index contributed by atoms with van der Waals surface area (Å²) in [7, 11) is 0. The zero-order valence-electron chi connectivity index (χ0n) is 9.75. The van der Waals surface area contributed by atoms with Crippen LogP contribution in [0.3, 0.4) is 0 Å². The lowest BCUT2D eigenvalue weighted by Crippen LogP contribution is -2.06. The average Bonchev–Trinajstić information content (AvgIpc) is 2.77. The fraction of sp³-hybridized carbons (Fsp3) is 0.364. The van der Waals surface area contributed by atoms with Crippen molar-refractivity contribution in [2.75, 3.05) is 0 Å². The molecule has 2 heterocycles. The summed E-state index contributed by atoms with van der Waals surface area (Å²) in [6.45, 7) is 3.98. The molecule has 0 amide bonds. The topological polar surface area (TPSA) is 64.7 Å². The first kappa shape index (κ1) is 12.5. The van der Waals surface area contributed by atoms with E-state index in [-0.39, 0.29) is 6.04 Å². The Balaban J connectivity index is 2.08. The molecule has 0 aliphatic rings. The second kappa shape index (κ2) is 5.57. The molecule has 0 radical (unpaired) electrons. The van der Waals surface area contributed by atoms with E-state index in [0.29, 0.717) is 0 Å². The number of hydrogen-bond acceptors (Lipinski definition) is 6. The molecule has 4 nitrogen and oxygen atoms in total. The van der Waals surface area contributed by atoms with Gasteiger partial charge in [-0.3, -0.25) is 4.98 Å². The first-order valence-corrected chi connectivity index (χ1v) is 7.00. The van der Waals surface area contributed by atoms with Gasteiger partial charge < -0.3 is 5.73 Å². The van der Waals surface area contributed by atoms with Crippen molar-refractivity contribution in [2.24, 2.45) is 5.73 Å². The van der Waals surface area contributed by atoms with Crippen molar-refractivity contribution in [1.82, 2.24) is 14.3 Å². The van der Waals surface area contributed by atoms with E-state index >= 15 is 0 Å². The molecule has 0 bridgehead atoms. The number of aromatic nitrogens is 3. The van der Waals surface area contributed by atoms with Crippen molar-refractivity contribution < 1.29 is 0 Å². The SMILES string of the molecule is CCc1nsc(Sc2ccc(C(C)N)nc2)n1. The summed E-state index contributed by atoms with van der Waals surface area (Å²) in [6.07, 6.45) is 2.70. The molecule has 6 heteroatoms. The maximum atomic E-state index is 5.75. The van der Waals surface area contributed by atoms with Crippen molar-refractivity contribution in [3.63, 3.8) is 0 Å². The Morgan fingerprint density at radius 2 is 2.29 bits per heavy atom. The Labute approximate surface area is 109 Å². The zero-order valence-corrected chi connectivity index (χ0v) is 11.4. The molecular formula is C11H14N4S2. The number of pyridine rings is 1. The van der Waals surface area contributed by atoms with Crippen LogP contribution in [0, 0.1) is 0 Å². The highest BCUT2D eigenvalue weighted by Crippen LogP contribution is 2.28. The third-order valence-electron chi connectivity index (χ3n) is 2.20. The van der Waals surface area contributed by atoms with Crippen LogP contribution in [0.4, 0.5) is 0 Å². The van der Waals surface area contributed by atoms with Crippen LogP contribution in [0.5, 0.6) is 0 Å². The van der Waals surface area contributed by atoms with Crippen LogP contribution in [0.1, 0.15) is 31.4 Å². The summed E-state index contributed by atoms with van der Waals surface area (Å²) in [5.41, 5.74) is 6.65. The number of aryl methyl sites for hydroxylation is 1. The lowest BCUT2D eigenvalue weighted by atomic mass is 10.2. The van der Waals surface area contributed by atoms with Crippen molar-refractivity contribution in [1.29, 1.82) is 0 Å². The van der Waals surface area contributed by atoms with Crippen LogP contribution < -0.4 is 5.73 Å². The van der Waals surface area contributed by atoms with Crippen LogP contribution in [-0.2, 0) is 6.42 Å². The van der Waals surface area contributed by atoms with Crippen molar-refractivity contribution in [3.05, 3.63) is 29.8 Å². The maximum Gasteiger partial charge on any atom is 0.174 e. The van der Waals surface area contributed by atoms with E-state index in [9.17, 15) is 0 Å². The molecule has 1 atom stereocenters. The molecule has 0 spiro atoms. The van der Waals surface area contributed by atoms with E-state index in [0.717, 1.165) is 27.2 Å². The predicted molar refractivity (Wildman–Crippen MR) is 70.2 cm³/mol. The van der Waals surface area contributed by atoms with E-state index in [2.05, 4.69) is 21.3 Å². The Bertz CT molecular complexity index is 478. The van der Waals surface area contributed by atoms with Crippen LogP contribution >= 0.6 is 23.3 Å². The second-order valence-electron chi connectivity index (χ2n) is 3.64. The molecule has 0 aromatic carbocycles. The van der Waals surface area contributed by atoms with E-state index in [4.69, 9.17) is 5.73 Å². The molecular weight excluding hydrogens is 252 g/mol. The molecule has 0 aliphatic carbocycles. The summed E-state index contributed by atoms with van der Waals surface area (Å²) >= 11 is 3.01. The number of hydrogen-bond donors (Lipinski definition) is 1. The van der Waals surface area contributed by atoms with Crippen molar-refractivity contribution in [3.8, 4) is 0 Å². The van der Waals surface area contributed by atoms with Crippen molar-refractivity contribution >= 4 is 23.3 Å². The summed E-state index contributed by atoms with van der Waals surface area (Å²) in [5, 5.41) is 0. The lowest BCUT2D eigenvalue weighted by molar-refractivity contribution is 0.777. The van der Waals surface area contributed by atoms with Gasteiger partial charge in [0.05, 0.1) is 5.69 Å². The molecule has 1 unspecified atom stereocenters. The van der Waals surface area contributed by atoms with Gasteiger partial charge in [-0.1, -0.05) is 18.7 Å². The third-order valence-corrected chi connectivity index (χ3v) is 3.96. The first-order valence-electron chi connectivity index (χ1n) is 5.41. The van der Waals surface area contributed by atoms with Gasteiger partial charge in [-0.2, -0.15) is 4.37 Å². The molecule has 0 fully saturated rings.